The van der Waals surface area contributed by atoms with Crippen molar-refractivity contribution in [3.63, 3.8) is 0 Å². The molecule has 2 heteroatoms. The van der Waals surface area contributed by atoms with Crippen LogP contribution < -0.4 is 0 Å². The van der Waals surface area contributed by atoms with E-state index in [1.807, 2.05) is 12.1 Å². The Labute approximate surface area is 114 Å². The molecule has 1 aliphatic rings. The molecule has 0 amide bonds. The molecule has 2 nitrogen and oxygen atoms in total. The number of morpholine rings is 1. The lowest BCUT2D eigenvalue weighted by atomic mass is 10.0. The van der Waals surface area contributed by atoms with Crippen molar-refractivity contribution in [2.75, 3.05) is 26.3 Å². The molecule has 0 unspecified atom stereocenters. The van der Waals surface area contributed by atoms with Crippen LogP contribution in [0.1, 0.15) is 5.56 Å². The summed E-state index contributed by atoms with van der Waals surface area (Å²) >= 11 is 0. The van der Waals surface area contributed by atoms with Crippen molar-refractivity contribution in [1.29, 1.82) is 0 Å². The fraction of sp³-hybridized carbons (Fsp3) is 0.294. The Morgan fingerprint density at radius 2 is 1.79 bits per heavy atom. The zero-order valence-corrected chi connectivity index (χ0v) is 11.0. The third-order valence-corrected chi connectivity index (χ3v) is 3.49. The molecule has 97 valence electrons. The maximum absolute atomic E-state index is 5.39. The highest BCUT2D eigenvalue weighted by Gasteiger charge is 2.10. The van der Waals surface area contributed by atoms with Crippen molar-refractivity contribution in [2.24, 2.45) is 0 Å². The van der Waals surface area contributed by atoms with E-state index in [2.05, 4.69) is 47.4 Å². The van der Waals surface area contributed by atoms with Gasteiger partial charge in [-0.3, -0.25) is 4.90 Å². The first kappa shape index (κ1) is 12.4. The molecule has 0 aromatic heterocycles. The minimum Gasteiger partial charge on any atom is -0.379 e. The standard InChI is InChI=1S/C17H18NO/c1-2-6-16(7-3-1)17-8-4-5-15(13-17)14-18-9-11-19-12-10-18/h2-8,13H,9-12,14H2. The largest absolute Gasteiger partial charge is 0.379 e. The Morgan fingerprint density at radius 1 is 1.00 bits per heavy atom. The summed E-state index contributed by atoms with van der Waals surface area (Å²) in [6, 6.07) is 20.0. The zero-order chi connectivity index (χ0) is 12.9. The Bertz CT molecular complexity index is 518. The fourth-order valence-corrected chi connectivity index (χ4v) is 2.45. The number of hydrogen-bond donors (Lipinski definition) is 0. The van der Waals surface area contributed by atoms with E-state index in [1.54, 1.807) is 0 Å². The van der Waals surface area contributed by atoms with Gasteiger partial charge in [-0.25, -0.2) is 0 Å². The van der Waals surface area contributed by atoms with Gasteiger partial charge in [0.25, 0.3) is 0 Å². The Kier molecular flexibility index (Phi) is 3.92. The highest BCUT2D eigenvalue weighted by molar-refractivity contribution is 5.63. The van der Waals surface area contributed by atoms with Gasteiger partial charge in [-0.1, -0.05) is 42.5 Å². The Hall–Kier alpha value is -1.64. The topological polar surface area (TPSA) is 12.5 Å². The average Bonchev–Trinajstić information content (AvgIpc) is 2.49. The third kappa shape index (κ3) is 3.22. The van der Waals surface area contributed by atoms with Crippen LogP contribution >= 0.6 is 0 Å². The van der Waals surface area contributed by atoms with Crippen LogP contribution in [0.3, 0.4) is 0 Å². The van der Waals surface area contributed by atoms with Gasteiger partial charge in [0, 0.05) is 19.6 Å². The number of ether oxygens (including phenoxy) is 1. The van der Waals surface area contributed by atoms with Crippen LogP contribution in [-0.2, 0) is 11.3 Å². The predicted molar refractivity (Wildman–Crippen MR) is 76.8 cm³/mol. The first-order valence-corrected chi connectivity index (χ1v) is 6.77. The van der Waals surface area contributed by atoms with Crippen molar-refractivity contribution in [3.05, 3.63) is 60.2 Å². The van der Waals surface area contributed by atoms with Gasteiger partial charge in [0.2, 0.25) is 0 Å². The van der Waals surface area contributed by atoms with Crippen molar-refractivity contribution in [2.45, 2.75) is 6.54 Å². The molecule has 2 aromatic rings. The molecule has 1 aliphatic heterocycles. The molecular formula is C17H18NO. The lowest BCUT2D eigenvalue weighted by Crippen LogP contribution is -2.35. The zero-order valence-electron chi connectivity index (χ0n) is 11.0. The van der Waals surface area contributed by atoms with E-state index in [1.165, 1.54) is 16.7 Å². The van der Waals surface area contributed by atoms with Gasteiger partial charge in [0.1, 0.15) is 0 Å². The average molecular weight is 252 g/mol. The molecule has 1 saturated heterocycles. The summed E-state index contributed by atoms with van der Waals surface area (Å²) < 4.78 is 5.39. The Morgan fingerprint density at radius 3 is 2.58 bits per heavy atom. The van der Waals surface area contributed by atoms with Crippen molar-refractivity contribution < 1.29 is 4.74 Å². The SMILES string of the molecule is [c]1ccc(-c2cccc(CN3CCOCC3)c2)cc1. The van der Waals surface area contributed by atoms with Gasteiger partial charge >= 0.3 is 0 Å². The molecular weight excluding hydrogens is 234 g/mol. The normalized spacial score (nSPS) is 16.4. The van der Waals surface area contributed by atoms with E-state index >= 15 is 0 Å². The van der Waals surface area contributed by atoms with E-state index in [0.717, 1.165) is 32.8 Å². The molecule has 3 rings (SSSR count). The van der Waals surface area contributed by atoms with Crippen LogP contribution in [0.2, 0.25) is 0 Å². The highest BCUT2D eigenvalue weighted by atomic mass is 16.5. The smallest absolute Gasteiger partial charge is 0.0594 e. The van der Waals surface area contributed by atoms with E-state index < -0.39 is 0 Å². The van der Waals surface area contributed by atoms with Crippen molar-refractivity contribution >= 4 is 0 Å². The van der Waals surface area contributed by atoms with Gasteiger partial charge < -0.3 is 4.74 Å². The highest BCUT2D eigenvalue weighted by Crippen LogP contribution is 2.20. The molecule has 0 atom stereocenters. The molecule has 1 fully saturated rings. The van der Waals surface area contributed by atoms with E-state index in [-0.39, 0.29) is 0 Å². The van der Waals surface area contributed by atoms with Gasteiger partial charge in [0.15, 0.2) is 0 Å². The van der Waals surface area contributed by atoms with E-state index in [9.17, 15) is 0 Å². The monoisotopic (exact) mass is 252 g/mol. The van der Waals surface area contributed by atoms with E-state index in [4.69, 9.17) is 4.74 Å². The molecule has 0 spiro atoms. The molecule has 19 heavy (non-hydrogen) atoms. The fourth-order valence-electron chi connectivity index (χ4n) is 2.45. The molecule has 2 aromatic carbocycles. The lowest BCUT2D eigenvalue weighted by Gasteiger charge is -2.26. The van der Waals surface area contributed by atoms with Crippen LogP contribution in [0, 0.1) is 6.07 Å². The number of benzene rings is 2. The molecule has 1 radical (unpaired) electrons. The summed E-state index contributed by atoms with van der Waals surface area (Å²) in [5.74, 6) is 0. The predicted octanol–water partition coefficient (Wildman–Crippen LogP) is 2.99. The van der Waals surface area contributed by atoms with Gasteiger partial charge in [-0.2, -0.15) is 0 Å². The summed E-state index contributed by atoms with van der Waals surface area (Å²) in [4.78, 5) is 2.45. The third-order valence-electron chi connectivity index (χ3n) is 3.49. The minimum atomic E-state index is 0.855. The van der Waals surface area contributed by atoms with Crippen molar-refractivity contribution in [1.82, 2.24) is 4.90 Å². The van der Waals surface area contributed by atoms with Crippen LogP contribution in [0.15, 0.2) is 48.5 Å². The minimum absolute atomic E-state index is 0.855. The summed E-state index contributed by atoms with van der Waals surface area (Å²) in [6.45, 7) is 4.79. The number of hydrogen-bond acceptors (Lipinski definition) is 2. The first-order chi connectivity index (χ1) is 9.42. The maximum atomic E-state index is 5.39. The second-order valence-electron chi connectivity index (χ2n) is 4.88. The van der Waals surface area contributed by atoms with Crippen LogP contribution in [-0.4, -0.2) is 31.2 Å². The molecule has 0 aliphatic carbocycles. The van der Waals surface area contributed by atoms with Gasteiger partial charge in [0.05, 0.1) is 13.2 Å². The molecule has 1 heterocycles. The van der Waals surface area contributed by atoms with E-state index in [0.29, 0.717) is 0 Å². The van der Waals surface area contributed by atoms with Crippen molar-refractivity contribution in [3.8, 4) is 11.1 Å². The van der Waals surface area contributed by atoms with Crippen LogP contribution in [0.4, 0.5) is 0 Å². The molecule has 0 N–H and O–H groups in total. The second-order valence-corrected chi connectivity index (χ2v) is 4.88. The molecule has 0 bridgehead atoms. The Balaban J connectivity index is 1.76. The summed E-state index contributed by atoms with van der Waals surface area (Å²) in [7, 11) is 0. The van der Waals surface area contributed by atoms with Gasteiger partial charge in [-0.15, -0.1) is 0 Å². The number of nitrogens with zero attached hydrogens (tertiary/aromatic N) is 1. The summed E-state index contributed by atoms with van der Waals surface area (Å²) in [5.41, 5.74) is 3.90. The summed E-state index contributed by atoms with van der Waals surface area (Å²) in [6.07, 6.45) is 0. The van der Waals surface area contributed by atoms with Crippen LogP contribution in [0.5, 0.6) is 0 Å². The lowest BCUT2D eigenvalue weighted by molar-refractivity contribution is 0.0342. The first-order valence-electron chi connectivity index (χ1n) is 6.77. The summed E-state index contributed by atoms with van der Waals surface area (Å²) in [5, 5.41) is 0. The second kappa shape index (κ2) is 6.00. The van der Waals surface area contributed by atoms with Gasteiger partial charge in [-0.05, 0) is 28.8 Å². The number of rotatable bonds is 3. The maximum Gasteiger partial charge on any atom is 0.0594 e. The molecule has 0 saturated carbocycles. The van der Waals surface area contributed by atoms with Crippen LogP contribution in [0.25, 0.3) is 11.1 Å². The quantitative estimate of drug-likeness (QED) is 0.832.